The summed E-state index contributed by atoms with van der Waals surface area (Å²) in [6, 6.07) is 71.0. The lowest BCUT2D eigenvalue weighted by atomic mass is 9.97. The molecule has 9 aromatic carbocycles. The van der Waals surface area contributed by atoms with E-state index < -0.39 is 0 Å². The summed E-state index contributed by atoms with van der Waals surface area (Å²) in [7, 11) is 0. The summed E-state index contributed by atoms with van der Waals surface area (Å²) in [5.41, 5.74) is 12.0. The molecule has 2 heteroatoms. The smallest absolute Gasteiger partial charge is 0.0547 e. The molecule has 0 N–H and O–H groups in total. The Labute approximate surface area is 301 Å². The van der Waals surface area contributed by atoms with E-state index in [4.69, 9.17) is 0 Å². The summed E-state index contributed by atoms with van der Waals surface area (Å²) in [5.74, 6) is 0. The van der Waals surface area contributed by atoms with Crippen LogP contribution >= 0.6 is 0 Å². The fourth-order valence-corrected chi connectivity index (χ4v) is 8.45. The monoisotopic (exact) mass is 660 g/mol. The SMILES string of the molecule is c1ccc(-n2c3ccccc3c3ccc(-c4ccc5c(c4)c4ccccc4n5-c4cccc(-c5ccc6c(ccc7ccccc76)c5)c4)cc32)cc1. The summed E-state index contributed by atoms with van der Waals surface area (Å²) < 4.78 is 4.81. The molecule has 0 radical (unpaired) electrons. The number of benzene rings is 9. The Kier molecular flexibility index (Phi) is 6.28. The zero-order valence-electron chi connectivity index (χ0n) is 28.4. The fourth-order valence-electron chi connectivity index (χ4n) is 8.45. The van der Waals surface area contributed by atoms with Crippen LogP contribution < -0.4 is 0 Å². The van der Waals surface area contributed by atoms with Gasteiger partial charge in [0.2, 0.25) is 0 Å². The zero-order valence-corrected chi connectivity index (χ0v) is 28.4. The molecule has 0 amide bonds. The van der Waals surface area contributed by atoms with Gasteiger partial charge in [-0.2, -0.15) is 0 Å². The largest absolute Gasteiger partial charge is 0.309 e. The molecule has 0 atom stereocenters. The number of hydrogen-bond donors (Lipinski definition) is 0. The Balaban J connectivity index is 1.05. The van der Waals surface area contributed by atoms with Gasteiger partial charge in [0.15, 0.2) is 0 Å². The fraction of sp³-hybridized carbons (Fsp3) is 0. The molecule has 52 heavy (non-hydrogen) atoms. The molecule has 242 valence electrons. The van der Waals surface area contributed by atoms with Crippen molar-refractivity contribution in [1.29, 1.82) is 0 Å². The van der Waals surface area contributed by atoms with Crippen LogP contribution in [0, 0.1) is 0 Å². The van der Waals surface area contributed by atoms with Gasteiger partial charge >= 0.3 is 0 Å². The first-order chi connectivity index (χ1) is 25.8. The predicted molar refractivity (Wildman–Crippen MR) is 221 cm³/mol. The van der Waals surface area contributed by atoms with Crippen LogP contribution in [0.3, 0.4) is 0 Å². The minimum absolute atomic E-state index is 1.16. The van der Waals surface area contributed by atoms with Gasteiger partial charge < -0.3 is 9.13 Å². The van der Waals surface area contributed by atoms with Crippen LogP contribution in [-0.2, 0) is 0 Å². The summed E-state index contributed by atoms with van der Waals surface area (Å²) in [5, 5.41) is 10.1. The van der Waals surface area contributed by atoms with Gasteiger partial charge in [0.05, 0.1) is 22.1 Å². The normalized spacial score (nSPS) is 11.8. The third-order valence-corrected chi connectivity index (χ3v) is 10.9. The van der Waals surface area contributed by atoms with Gasteiger partial charge in [0.1, 0.15) is 0 Å². The lowest BCUT2D eigenvalue weighted by Crippen LogP contribution is -1.94. The van der Waals surface area contributed by atoms with E-state index in [2.05, 4.69) is 203 Å². The van der Waals surface area contributed by atoms with Crippen molar-refractivity contribution in [2.75, 3.05) is 0 Å². The van der Waals surface area contributed by atoms with E-state index in [9.17, 15) is 0 Å². The van der Waals surface area contributed by atoms with Gasteiger partial charge in [-0.05, 0) is 104 Å². The minimum atomic E-state index is 1.16. The topological polar surface area (TPSA) is 9.86 Å². The molecule has 0 aliphatic rings. The maximum absolute atomic E-state index is 2.42. The van der Waals surface area contributed by atoms with Crippen molar-refractivity contribution < 1.29 is 0 Å². The van der Waals surface area contributed by atoms with Crippen LogP contribution in [0.25, 0.3) is 98.8 Å². The summed E-state index contributed by atoms with van der Waals surface area (Å²) in [6.07, 6.45) is 0. The number of para-hydroxylation sites is 3. The minimum Gasteiger partial charge on any atom is -0.309 e. The van der Waals surface area contributed by atoms with Crippen molar-refractivity contribution in [2.24, 2.45) is 0 Å². The first kappa shape index (κ1) is 28.9. The van der Waals surface area contributed by atoms with E-state index in [1.807, 2.05) is 0 Å². The van der Waals surface area contributed by atoms with Crippen molar-refractivity contribution in [3.8, 4) is 33.6 Å². The van der Waals surface area contributed by atoms with Gasteiger partial charge in [-0.15, -0.1) is 0 Å². The lowest BCUT2D eigenvalue weighted by Gasteiger charge is -2.12. The van der Waals surface area contributed by atoms with Crippen LogP contribution in [0.5, 0.6) is 0 Å². The van der Waals surface area contributed by atoms with E-state index in [1.165, 1.54) is 93.1 Å². The molecule has 0 aliphatic heterocycles. The van der Waals surface area contributed by atoms with Crippen molar-refractivity contribution in [1.82, 2.24) is 9.13 Å². The number of rotatable bonds is 4. The summed E-state index contributed by atoms with van der Waals surface area (Å²) in [6.45, 7) is 0. The first-order valence-electron chi connectivity index (χ1n) is 17.9. The molecule has 11 aromatic rings. The van der Waals surface area contributed by atoms with Gasteiger partial charge in [0.25, 0.3) is 0 Å². The highest BCUT2D eigenvalue weighted by molar-refractivity contribution is 6.13. The Hall–Kier alpha value is -6.90. The lowest BCUT2D eigenvalue weighted by molar-refractivity contribution is 1.18. The van der Waals surface area contributed by atoms with E-state index in [0.29, 0.717) is 0 Å². The zero-order chi connectivity index (χ0) is 34.2. The van der Waals surface area contributed by atoms with Crippen LogP contribution in [0.1, 0.15) is 0 Å². The number of hydrogen-bond acceptors (Lipinski definition) is 0. The molecule has 0 aliphatic carbocycles. The quantitative estimate of drug-likeness (QED) is 0.166. The van der Waals surface area contributed by atoms with Crippen molar-refractivity contribution in [3.63, 3.8) is 0 Å². The van der Waals surface area contributed by atoms with Gasteiger partial charge in [0, 0.05) is 32.9 Å². The number of nitrogens with zero attached hydrogens (tertiary/aromatic N) is 2. The maximum Gasteiger partial charge on any atom is 0.0547 e. The van der Waals surface area contributed by atoms with Gasteiger partial charge in [-0.1, -0.05) is 133 Å². The van der Waals surface area contributed by atoms with Gasteiger partial charge in [-0.3, -0.25) is 0 Å². The highest BCUT2D eigenvalue weighted by Crippen LogP contribution is 2.39. The van der Waals surface area contributed by atoms with Crippen molar-refractivity contribution in [3.05, 3.63) is 194 Å². The Morgan fingerprint density at radius 1 is 0.231 bits per heavy atom. The van der Waals surface area contributed by atoms with Crippen molar-refractivity contribution in [2.45, 2.75) is 0 Å². The van der Waals surface area contributed by atoms with Crippen LogP contribution in [0.2, 0.25) is 0 Å². The van der Waals surface area contributed by atoms with Gasteiger partial charge in [-0.25, -0.2) is 0 Å². The molecule has 0 saturated carbocycles. The molecule has 0 bridgehead atoms. The maximum atomic E-state index is 2.42. The van der Waals surface area contributed by atoms with E-state index in [-0.39, 0.29) is 0 Å². The molecule has 2 aromatic heterocycles. The Morgan fingerprint density at radius 3 is 1.58 bits per heavy atom. The highest BCUT2D eigenvalue weighted by atomic mass is 15.0. The second-order valence-corrected chi connectivity index (χ2v) is 13.8. The molecule has 0 saturated heterocycles. The Morgan fingerprint density at radius 2 is 0.750 bits per heavy atom. The molecule has 11 rings (SSSR count). The second kappa shape index (κ2) is 11.3. The van der Waals surface area contributed by atoms with E-state index in [0.717, 1.165) is 5.69 Å². The summed E-state index contributed by atoms with van der Waals surface area (Å²) in [4.78, 5) is 0. The average molecular weight is 661 g/mol. The molecule has 0 unspecified atom stereocenters. The second-order valence-electron chi connectivity index (χ2n) is 13.8. The standard InChI is InChI=1S/C50H32N2/c1-2-13-39(14-3-1)51-47-19-8-6-17-43(47)45-27-24-37(32-50(45)51)36-25-28-49-46(31-36)44-18-7-9-20-48(44)52(49)40-15-10-12-34(30-40)35-23-26-42-38(29-35)22-21-33-11-4-5-16-41(33)42/h1-32H. The first-order valence-corrected chi connectivity index (χ1v) is 17.9. The molecular weight excluding hydrogens is 629 g/mol. The third-order valence-electron chi connectivity index (χ3n) is 10.9. The van der Waals surface area contributed by atoms with E-state index >= 15 is 0 Å². The molecule has 0 fully saturated rings. The number of aromatic nitrogens is 2. The third kappa shape index (κ3) is 4.38. The van der Waals surface area contributed by atoms with Crippen LogP contribution in [0.4, 0.5) is 0 Å². The van der Waals surface area contributed by atoms with Crippen LogP contribution in [0.15, 0.2) is 194 Å². The van der Waals surface area contributed by atoms with Crippen LogP contribution in [-0.4, -0.2) is 9.13 Å². The molecule has 2 nitrogen and oxygen atoms in total. The molecule has 2 heterocycles. The average Bonchev–Trinajstić information content (AvgIpc) is 3.73. The molecular formula is C50H32N2. The highest BCUT2D eigenvalue weighted by Gasteiger charge is 2.16. The van der Waals surface area contributed by atoms with Crippen molar-refractivity contribution >= 4 is 65.2 Å². The summed E-state index contributed by atoms with van der Waals surface area (Å²) >= 11 is 0. The molecule has 0 spiro atoms. The number of fused-ring (bicyclic) bond motifs is 9. The predicted octanol–water partition coefficient (Wildman–Crippen LogP) is 13.5. The van der Waals surface area contributed by atoms with E-state index in [1.54, 1.807) is 0 Å². The Bertz CT molecular complexity index is 3180.